The van der Waals surface area contributed by atoms with Crippen LogP contribution in [0.2, 0.25) is 0 Å². The SMILES string of the molecule is CCCCCC(CCC)COc1cccc(O)c1. The molecule has 2 heteroatoms. The molecule has 1 unspecified atom stereocenters. The molecule has 0 aliphatic heterocycles. The molecule has 2 nitrogen and oxygen atoms in total. The maximum atomic E-state index is 9.37. The number of ether oxygens (including phenoxy) is 1. The van der Waals surface area contributed by atoms with Crippen molar-refractivity contribution in [1.29, 1.82) is 0 Å². The van der Waals surface area contributed by atoms with E-state index in [9.17, 15) is 5.11 Å². The van der Waals surface area contributed by atoms with Gasteiger partial charge in [0.1, 0.15) is 11.5 Å². The number of phenolic OH excluding ortho intramolecular Hbond substituents is 1. The number of unbranched alkanes of at least 4 members (excludes halogenated alkanes) is 2. The molecule has 0 radical (unpaired) electrons. The van der Waals surface area contributed by atoms with Crippen LogP contribution in [0.25, 0.3) is 0 Å². The van der Waals surface area contributed by atoms with Gasteiger partial charge in [0, 0.05) is 6.07 Å². The summed E-state index contributed by atoms with van der Waals surface area (Å²) >= 11 is 0. The quantitative estimate of drug-likeness (QED) is 0.640. The summed E-state index contributed by atoms with van der Waals surface area (Å²) in [6.07, 6.45) is 7.56. The Hall–Kier alpha value is -1.18. The molecule has 1 rings (SSSR count). The van der Waals surface area contributed by atoms with Crippen LogP contribution in [-0.4, -0.2) is 11.7 Å². The Bertz CT molecular complexity index is 323. The van der Waals surface area contributed by atoms with Gasteiger partial charge in [-0.25, -0.2) is 0 Å². The second-order valence-electron chi connectivity index (χ2n) is 4.96. The highest BCUT2D eigenvalue weighted by atomic mass is 16.5. The van der Waals surface area contributed by atoms with Crippen LogP contribution in [0, 0.1) is 5.92 Å². The molecule has 0 aromatic heterocycles. The smallest absolute Gasteiger partial charge is 0.122 e. The van der Waals surface area contributed by atoms with E-state index in [4.69, 9.17) is 4.74 Å². The van der Waals surface area contributed by atoms with Crippen LogP contribution in [-0.2, 0) is 0 Å². The first-order valence-corrected chi connectivity index (χ1v) is 7.18. The Morgan fingerprint density at radius 1 is 1.11 bits per heavy atom. The molecule has 102 valence electrons. The summed E-state index contributed by atoms with van der Waals surface area (Å²) < 4.78 is 5.77. The molecule has 0 amide bonds. The van der Waals surface area contributed by atoms with Crippen LogP contribution in [0.5, 0.6) is 11.5 Å². The lowest BCUT2D eigenvalue weighted by Crippen LogP contribution is -2.12. The summed E-state index contributed by atoms with van der Waals surface area (Å²) in [4.78, 5) is 0. The van der Waals surface area contributed by atoms with Crippen molar-refractivity contribution in [3.8, 4) is 11.5 Å². The van der Waals surface area contributed by atoms with Gasteiger partial charge in [-0.05, 0) is 30.9 Å². The summed E-state index contributed by atoms with van der Waals surface area (Å²) in [5.41, 5.74) is 0. The highest BCUT2D eigenvalue weighted by Crippen LogP contribution is 2.21. The molecule has 0 saturated carbocycles. The number of aromatic hydroxyl groups is 1. The second kappa shape index (κ2) is 8.84. The van der Waals surface area contributed by atoms with Crippen molar-refractivity contribution < 1.29 is 9.84 Å². The summed E-state index contributed by atoms with van der Waals surface area (Å²) in [5.74, 6) is 1.68. The van der Waals surface area contributed by atoms with E-state index in [1.54, 1.807) is 12.1 Å². The first kappa shape index (κ1) is 14.9. The van der Waals surface area contributed by atoms with E-state index >= 15 is 0 Å². The van der Waals surface area contributed by atoms with Gasteiger partial charge >= 0.3 is 0 Å². The minimum Gasteiger partial charge on any atom is -0.508 e. The fourth-order valence-corrected chi connectivity index (χ4v) is 2.19. The van der Waals surface area contributed by atoms with Crippen LogP contribution in [0.15, 0.2) is 24.3 Å². The maximum absolute atomic E-state index is 9.37. The fourth-order valence-electron chi connectivity index (χ4n) is 2.19. The van der Waals surface area contributed by atoms with Crippen molar-refractivity contribution in [3.63, 3.8) is 0 Å². The fraction of sp³-hybridized carbons (Fsp3) is 0.625. The summed E-state index contributed by atoms with van der Waals surface area (Å²) in [5, 5.41) is 9.37. The van der Waals surface area contributed by atoms with Gasteiger partial charge in [0.2, 0.25) is 0 Å². The molecular weight excluding hydrogens is 224 g/mol. The number of hydrogen-bond acceptors (Lipinski definition) is 2. The number of phenols is 1. The average Bonchev–Trinajstić information content (AvgIpc) is 2.36. The van der Waals surface area contributed by atoms with Gasteiger partial charge < -0.3 is 9.84 Å². The third-order valence-electron chi connectivity index (χ3n) is 3.22. The van der Waals surface area contributed by atoms with E-state index in [1.807, 2.05) is 12.1 Å². The highest BCUT2D eigenvalue weighted by Gasteiger charge is 2.08. The molecule has 0 spiro atoms. The van der Waals surface area contributed by atoms with E-state index < -0.39 is 0 Å². The van der Waals surface area contributed by atoms with Crippen LogP contribution in [0.1, 0.15) is 52.4 Å². The lowest BCUT2D eigenvalue weighted by Gasteiger charge is -2.17. The lowest BCUT2D eigenvalue weighted by molar-refractivity contribution is 0.226. The standard InChI is InChI=1S/C16H26O2/c1-3-5-6-9-14(8-4-2)13-18-16-11-7-10-15(17)12-16/h7,10-12,14,17H,3-6,8-9,13H2,1-2H3. The monoisotopic (exact) mass is 250 g/mol. The Balaban J connectivity index is 2.36. The average molecular weight is 250 g/mol. The molecule has 1 aromatic rings. The van der Waals surface area contributed by atoms with E-state index in [-0.39, 0.29) is 5.75 Å². The zero-order valence-electron chi connectivity index (χ0n) is 11.7. The molecule has 0 aliphatic rings. The minimum absolute atomic E-state index is 0.269. The Morgan fingerprint density at radius 2 is 1.94 bits per heavy atom. The van der Waals surface area contributed by atoms with E-state index in [0.29, 0.717) is 5.92 Å². The molecule has 0 heterocycles. The van der Waals surface area contributed by atoms with Gasteiger partial charge in [0.25, 0.3) is 0 Å². The second-order valence-corrected chi connectivity index (χ2v) is 4.96. The predicted molar refractivity (Wildman–Crippen MR) is 76.1 cm³/mol. The van der Waals surface area contributed by atoms with Crippen LogP contribution >= 0.6 is 0 Å². The summed E-state index contributed by atoms with van der Waals surface area (Å²) in [6, 6.07) is 7.05. The molecule has 1 N–H and O–H groups in total. The minimum atomic E-state index is 0.269. The third kappa shape index (κ3) is 5.95. The van der Waals surface area contributed by atoms with Crippen LogP contribution in [0.4, 0.5) is 0 Å². The van der Waals surface area contributed by atoms with Gasteiger partial charge in [-0.3, -0.25) is 0 Å². The molecule has 0 bridgehead atoms. The number of benzene rings is 1. The molecular formula is C16H26O2. The van der Waals surface area contributed by atoms with Crippen LogP contribution in [0.3, 0.4) is 0 Å². The third-order valence-corrected chi connectivity index (χ3v) is 3.22. The zero-order valence-corrected chi connectivity index (χ0v) is 11.7. The first-order chi connectivity index (χ1) is 8.76. The maximum Gasteiger partial charge on any atom is 0.122 e. The molecule has 0 saturated heterocycles. The molecule has 0 fully saturated rings. The normalized spacial score (nSPS) is 12.3. The Labute approximate surface area is 111 Å². The van der Waals surface area contributed by atoms with Gasteiger partial charge in [-0.2, -0.15) is 0 Å². The van der Waals surface area contributed by atoms with E-state index in [2.05, 4.69) is 13.8 Å². The van der Waals surface area contributed by atoms with Gasteiger partial charge in [-0.1, -0.05) is 45.6 Å². The predicted octanol–water partition coefficient (Wildman–Crippen LogP) is 4.77. The van der Waals surface area contributed by atoms with Crippen molar-refractivity contribution in [1.82, 2.24) is 0 Å². The molecule has 1 atom stereocenters. The van der Waals surface area contributed by atoms with Crippen molar-refractivity contribution in [2.75, 3.05) is 6.61 Å². The number of rotatable bonds is 9. The molecule has 1 aromatic carbocycles. The Kier molecular flexibility index (Phi) is 7.31. The summed E-state index contributed by atoms with van der Waals surface area (Å²) in [6.45, 7) is 5.22. The van der Waals surface area contributed by atoms with Gasteiger partial charge in [0.15, 0.2) is 0 Å². The van der Waals surface area contributed by atoms with Crippen molar-refractivity contribution in [2.24, 2.45) is 5.92 Å². The zero-order chi connectivity index (χ0) is 13.2. The van der Waals surface area contributed by atoms with Gasteiger partial charge in [-0.15, -0.1) is 0 Å². The first-order valence-electron chi connectivity index (χ1n) is 7.18. The Morgan fingerprint density at radius 3 is 2.61 bits per heavy atom. The van der Waals surface area contributed by atoms with Crippen molar-refractivity contribution in [3.05, 3.63) is 24.3 Å². The van der Waals surface area contributed by atoms with E-state index in [1.165, 1.54) is 38.5 Å². The van der Waals surface area contributed by atoms with E-state index in [0.717, 1.165) is 12.4 Å². The van der Waals surface area contributed by atoms with Crippen molar-refractivity contribution >= 4 is 0 Å². The molecule has 18 heavy (non-hydrogen) atoms. The largest absolute Gasteiger partial charge is 0.508 e. The highest BCUT2D eigenvalue weighted by molar-refractivity contribution is 5.31. The number of hydrogen-bond donors (Lipinski definition) is 1. The topological polar surface area (TPSA) is 29.5 Å². The molecule has 0 aliphatic carbocycles. The van der Waals surface area contributed by atoms with Crippen LogP contribution < -0.4 is 4.74 Å². The summed E-state index contributed by atoms with van der Waals surface area (Å²) in [7, 11) is 0. The lowest BCUT2D eigenvalue weighted by atomic mass is 9.97. The van der Waals surface area contributed by atoms with Gasteiger partial charge in [0.05, 0.1) is 6.61 Å². The van der Waals surface area contributed by atoms with Crippen molar-refractivity contribution in [2.45, 2.75) is 52.4 Å².